The Bertz CT molecular complexity index is 252. The molecular weight excluding hydrogens is 211 g/mol. The first kappa shape index (κ1) is 12.4. The molecule has 74 valence electrons. The predicted octanol–water partition coefficient (Wildman–Crippen LogP) is 2.78. The van der Waals surface area contributed by atoms with Crippen LogP contribution < -0.4 is 11.5 Å². The van der Waals surface area contributed by atoms with Crippen LogP contribution in [0, 0.1) is 13.8 Å². The van der Waals surface area contributed by atoms with Crippen molar-refractivity contribution in [2.75, 3.05) is 11.5 Å². The summed E-state index contributed by atoms with van der Waals surface area (Å²) in [6.07, 6.45) is 0. The summed E-state index contributed by atoms with van der Waals surface area (Å²) in [5.41, 5.74) is 15.1. The largest absolute Gasteiger partial charge is 0.399 e. The molecule has 3 nitrogen and oxygen atoms in total. The molecule has 4 N–H and O–H groups in total. The summed E-state index contributed by atoms with van der Waals surface area (Å²) in [4.78, 5) is 0. The van der Waals surface area contributed by atoms with E-state index in [0.717, 1.165) is 22.5 Å². The molecule has 5 heteroatoms. The summed E-state index contributed by atoms with van der Waals surface area (Å²) in [6.45, 7) is 3.95. The average molecular weight is 223 g/mol. The van der Waals surface area contributed by atoms with Gasteiger partial charge >= 0.3 is 0 Å². The molecule has 0 fully saturated rings. The summed E-state index contributed by atoms with van der Waals surface area (Å²) in [7, 11) is 0. The van der Waals surface area contributed by atoms with Gasteiger partial charge in [0.05, 0.1) is 23.7 Å². The highest BCUT2D eigenvalue weighted by atomic mass is 35.6. The van der Waals surface area contributed by atoms with Crippen molar-refractivity contribution in [1.82, 2.24) is 0 Å². The number of nitrogens with two attached hydrogens (primary N) is 2. The zero-order valence-electron chi connectivity index (χ0n) is 7.47. The maximum absolute atomic E-state index is 5.63. The Hall–Kier alpha value is -0.640. The second-order valence-corrected chi connectivity index (χ2v) is 3.02. The molecule has 0 saturated heterocycles. The summed E-state index contributed by atoms with van der Waals surface area (Å²) in [6, 6.07) is 3.66. The van der Waals surface area contributed by atoms with E-state index in [1.165, 1.54) is 0 Å². The van der Waals surface area contributed by atoms with Gasteiger partial charge in [0.15, 0.2) is 0 Å². The fourth-order valence-corrected chi connectivity index (χ4v) is 0.863. The lowest BCUT2D eigenvalue weighted by molar-refractivity contribution is 0.697. The Morgan fingerprint density at radius 3 is 1.46 bits per heavy atom. The minimum atomic E-state index is 0.812. The second kappa shape index (κ2) is 5.91. The third kappa shape index (κ3) is 3.72. The summed E-state index contributed by atoms with van der Waals surface area (Å²) >= 11 is 8.53. The van der Waals surface area contributed by atoms with Gasteiger partial charge in [-0.3, -0.25) is 0 Å². The maximum atomic E-state index is 5.63. The van der Waals surface area contributed by atoms with Crippen molar-refractivity contribution in [2.24, 2.45) is 0 Å². The Morgan fingerprint density at radius 1 is 1.00 bits per heavy atom. The van der Waals surface area contributed by atoms with Gasteiger partial charge < -0.3 is 11.5 Å². The predicted molar refractivity (Wildman–Crippen MR) is 57.5 cm³/mol. The lowest BCUT2D eigenvalue weighted by Gasteiger charge is -2.05. The number of hydrogen-bond acceptors (Lipinski definition) is 3. The Labute approximate surface area is 87.9 Å². The van der Waals surface area contributed by atoms with Crippen LogP contribution in [0.3, 0.4) is 0 Å². The minimum Gasteiger partial charge on any atom is -0.399 e. The van der Waals surface area contributed by atoms with Crippen LogP contribution in [0.15, 0.2) is 12.1 Å². The number of benzene rings is 1. The normalized spacial score (nSPS) is 8.92. The third-order valence-corrected chi connectivity index (χ3v) is 1.87. The molecule has 0 radical (unpaired) electrons. The molecule has 13 heavy (non-hydrogen) atoms. The molecule has 0 aliphatic heterocycles. The molecule has 1 aromatic rings. The van der Waals surface area contributed by atoms with Crippen LogP contribution in [-0.2, 0) is 3.84 Å². The van der Waals surface area contributed by atoms with E-state index in [2.05, 4.69) is 27.6 Å². The van der Waals surface area contributed by atoms with Crippen LogP contribution in [0.1, 0.15) is 11.1 Å². The van der Waals surface area contributed by atoms with Gasteiger partial charge in [0.25, 0.3) is 0 Å². The Morgan fingerprint density at radius 2 is 1.23 bits per heavy atom. The lowest BCUT2D eigenvalue weighted by atomic mass is 10.1. The van der Waals surface area contributed by atoms with Crippen LogP contribution in [0.25, 0.3) is 0 Å². The van der Waals surface area contributed by atoms with Crippen molar-refractivity contribution in [3.63, 3.8) is 0 Å². The second-order valence-electron chi connectivity index (χ2n) is 2.55. The Balaban J connectivity index is 0.000000424. The van der Waals surface area contributed by atoms with Crippen LogP contribution >= 0.6 is 23.7 Å². The van der Waals surface area contributed by atoms with E-state index in [0.29, 0.717) is 0 Å². The number of nitrogen functional groups attached to an aromatic ring is 2. The van der Waals surface area contributed by atoms with Gasteiger partial charge in [-0.05, 0) is 37.1 Å². The molecule has 0 aliphatic carbocycles. The van der Waals surface area contributed by atoms with E-state index in [1.54, 1.807) is 0 Å². The van der Waals surface area contributed by atoms with Crippen molar-refractivity contribution >= 4 is 35.1 Å². The van der Waals surface area contributed by atoms with Crippen molar-refractivity contribution in [3.05, 3.63) is 23.3 Å². The van der Waals surface area contributed by atoms with E-state index in [9.17, 15) is 0 Å². The molecule has 0 aromatic heterocycles. The highest BCUT2D eigenvalue weighted by molar-refractivity contribution is 6.24. The molecule has 0 saturated carbocycles. The topological polar surface area (TPSA) is 61.3 Å². The van der Waals surface area contributed by atoms with Crippen molar-refractivity contribution in [2.45, 2.75) is 13.8 Å². The third-order valence-electron chi connectivity index (χ3n) is 1.87. The van der Waals surface area contributed by atoms with Crippen molar-refractivity contribution < 1.29 is 3.84 Å². The number of anilines is 2. The summed E-state index contributed by atoms with van der Waals surface area (Å²) in [5.74, 6) is 0. The highest BCUT2D eigenvalue weighted by Crippen LogP contribution is 2.20. The van der Waals surface area contributed by atoms with Gasteiger partial charge in [0.1, 0.15) is 0 Å². The lowest BCUT2D eigenvalue weighted by Crippen LogP contribution is -1.96. The van der Waals surface area contributed by atoms with E-state index < -0.39 is 0 Å². The number of halogens is 2. The summed E-state index contributed by atoms with van der Waals surface area (Å²) in [5, 5.41) is 0. The van der Waals surface area contributed by atoms with E-state index in [-0.39, 0.29) is 0 Å². The van der Waals surface area contributed by atoms with E-state index >= 15 is 0 Å². The summed E-state index contributed by atoms with van der Waals surface area (Å²) < 4.78 is 3.19. The van der Waals surface area contributed by atoms with E-state index in [4.69, 9.17) is 11.5 Å². The molecule has 0 bridgehead atoms. The van der Waals surface area contributed by atoms with Gasteiger partial charge in [0, 0.05) is 11.4 Å². The fourth-order valence-electron chi connectivity index (χ4n) is 0.863. The fraction of sp³-hybridized carbons (Fsp3) is 0.250. The van der Waals surface area contributed by atoms with Crippen molar-refractivity contribution in [3.8, 4) is 0 Å². The molecule has 0 aliphatic rings. The molecule has 0 atom stereocenters. The molecule has 0 heterocycles. The van der Waals surface area contributed by atoms with E-state index in [1.807, 2.05) is 26.0 Å². The van der Waals surface area contributed by atoms with Crippen LogP contribution in [0.5, 0.6) is 0 Å². The van der Waals surface area contributed by atoms with Crippen LogP contribution in [0.2, 0.25) is 0 Å². The monoisotopic (exact) mass is 222 g/mol. The molecule has 0 spiro atoms. The first-order valence-electron chi connectivity index (χ1n) is 3.55. The molecule has 1 rings (SSSR count). The maximum Gasteiger partial charge on any atom is 0.0832 e. The average Bonchev–Trinajstić information content (AvgIpc) is 2.10. The first-order valence-corrected chi connectivity index (χ1v) is 4.16. The van der Waals surface area contributed by atoms with Crippen LogP contribution in [0.4, 0.5) is 11.4 Å². The van der Waals surface area contributed by atoms with Gasteiger partial charge in [0.2, 0.25) is 0 Å². The zero-order valence-corrected chi connectivity index (χ0v) is 8.99. The van der Waals surface area contributed by atoms with Gasteiger partial charge in [-0.2, -0.15) is 3.84 Å². The molecular formula is C8H12Cl2N2O. The number of hydrogen-bond donors (Lipinski definition) is 2. The number of rotatable bonds is 0. The van der Waals surface area contributed by atoms with Gasteiger partial charge in [-0.15, -0.1) is 0 Å². The first-order chi connectivity index (χ1) is 6.04. The quantitative estimate of drug-likeness (QED) is 0.664. The molecule has 1 aromatic carbocycles. The van der Waals surface area contributed by atoms with Crippen LogP contribution in [-0.4, -0.2) is 0 Å². The minimum absolute atomic E-state index is 0.812. The smallest absolute Gasteiger partial charge is 0.0832 e. The Kier molecular flexibility index (Phi) is 5.62. The van der Waals surface area contributed by atoms with Gasteiger partial charge in [-0.1, -0.05) is 0 Å². The zero-order chi connectivity index (χ0) is 10.4. The molecule has 0 amide bonds. The van der Waals surface area contributed by atoms with Gasteiger partial charge in [-0.25, -0.2) is 0 Å². The highest BCUT2D eigenvalue weighted by Gasteiger charge is 1.98. The van der Waals surface area contributed by atoms with Crippen molar-refractivity contribution in [1.29, 1.82) is 0 Å². The standard InChI is InChI=1S/C8H12N2.Cl2O/c1-5-6(2)8(10)4-3-7(5)9;1-3-2/h3-4H,9-10H2,1-2H3;. The molecule has 0 unspecified atom stereocenters. The SMILES string of the molecule is Cc1c(N)ccc(N)c1C.ClOCl.